The first-order chi connectivity index (χ1) is 8.74. The number of aliphatic hydroxyl groups is 1. The lowest BCUT2D eigenvalue weighted by molar-refractivity contribution is 0.281. The molecule has 1 fully saturated rings. The van der Waals surface area contributed by atoms with E-state index in [4.69, 9.17) is 0 Å². The summed E-state index contributed by atoms with van der Waals surface area (Å²) in [5.41, 5.74) is 0.937. The van der Waals surface area contributed by atoms with Crippen LogP contribution in [0.1, 0.15) is 25.3 Å². The van der Waals surface area contributed by atoms with Crippen LogP contribution in [0.25, 0.3) is 0 Å². The first-order valence-electron chi connectivity index (χ1n) is 6.75. The Balaban J connectivity index is 2.22. The van der Waals surface area contributed by atoms with E-state index in [1.165, 1.54) is 0 Å². The van der Waals surface area contributed by atoms with Gasteiger partial charge in [-0.2, -0.15) is 0 Å². The molecule has 1 N–H and O–H groups in total. The number of pyridine rings is 1. The van der Waals surface area contributed by atoms with Crippen molar-refractivity contribution in [2.45, 2.75) is 32.4 Å². The van der Waals surface area contributed by atoms with Crippen LogP contribution in [0.4, 0.5) is 5.82 Å². The van der Waals surface area contributed by atoms with E-state index in [1.807, 2.05) is 12.1 Å². The number of rotatable bonds is 3. The monoisotopic (exact) mass is 249 g/mol. The zero-order chi connectivity index (χ0) is 13.0. The SMILES string of the molecule is CCC1CN(C)CCCN1c1cc(CO)ccn1. The van der Waals surface area contributed by atoms with Gasteiger partial charge < -0.3 is 14.9 Å². The Labute approximate surface area is 109 Å². The lowest BCUT2D eigenvalue weighted by Crippen LogP contribution is -2.40. The minimum absolute atomic E-state index is 0.0834. The summed E-state index contributed by atoms with van der Waals surface area (Å²) in [6.07, 6.45) is 4.08. The quantitative estimate of drug-likeness (QED) is 0.881. The van der Waals surface area contributed by atoms with Crippen LogP contribution in [0.3, 0.4) is 0 Å². The molecule has 0 amide bonds. The lowest BCUT2D eigenvalue weighted by Gasteiger charge is -2.31. The van der Waals surface area contributed by atoms with E-state index in [2.05, 4.69) is 28.8 Å². The summed E-state index contributed by atoms with van der Waals surface area (Å²) in [4.78, 5) is 9.26. The number of hydrogen-bond acceptors (Lipinski definition) is 4. The van der Waals surface area contributed by atoms with E-state index in [9.17, 15) is 5.11 Å². The first kappa shape index (κ1) is 13.3. The third-order valence-corrected chi connectivity index (χ3v) is 3.66. The third kappa shape index (κ3) is 3.00. The van der Waals surface area contributed by atoms with Crippen LogP contribution >= 0.6 is 0 Å². The molecule has 1 aliphatic heterocycles. The number of aliphatic hydroxyl groups excluding tert-OH is 1. The van der Waals surface area contributed by atoms with Crippen molar-refractivity contribution < 1.29 is 5.11 Å². The Bertz CT molecular complexity index is 383. The van der Waals surface area contributed by atoms with Gasteiger partial charge in [-0.15, -0.1) is 0 Å². The molecule has 4 nitrogen and oxygen atoms in total. The van der Waals surface area contributed by atoms with Crippen LogP contribution in [0.5, 0.6) is 0 Å². The van der Waals surface area contributed by atoms with Gasteiger partial charge in [-0.1, -0.05) is 6.92 Å². The Morgan fingerprint density at radius 1 is 1.44 bits per heavy atom. The molecule has 0 aromatic carbocycles. The molecule has 4 heteroatoms. The average molecular weight is 249 g/mol. The summed E-state index contributed by atoms with van der Waals surface area (Å²) in [6.45, 7) is 5.59. The van der Waals surface area contributed by atoms with Gasteiger partial charge in [-0.05, 0) is 44.1 Å². The van der Waals surface area contributed by atoms with Gasteiger partial charge in [0.2, 0.25) is 0 Å². The summed E-state index contributed by atoms with van der Waals surface area (Å²) in [6, 6.07) is 4.39. The third-order valence-electron chi connectivity index (χ3n) is 3.66. The predicted octanol–water partition coefficient (Wildman–Crippen LogP) is 1.49. The predicted molar refractivity (Wildman–Crippen MR) is 73.7 cm³/mol. The maximum atomic E-state index is 9.23. The van der Waals surface area contributed by atoms with Gasteiger partial charge in [0.25, 0.3) is 0 Å². The smallest absolute Gasteiger partial charge is 0.129 e. The van der Waals surface area contributed by atoms with Crippen molar-refractivity contribution in [3.8, 4) is 0 Å². The molecule has 0 aliphatic carbocycles. The fourth-order valence-corrected chi connectivity index (χ4v) is 2.61. The van der Waals surface area contributed by atoms with E-state index >= 15 is 0 Å². The zero-order valence-electron chi connectivity index (χ0n) is 11.3. The molecule has 18 heavy (non-hydrogen) atoms. The van der Waals surface area contributed by atoms with Gasteiger partial charge in [0, 0.05) is 25.3 Å². The molecule has 2 heterocycles. The molecule has 0 saturated carbocycles. The van der Waals surface area contributed by atoms with Gasteiger partial charge in [-0.25, -0.2) is 4.98 Å². The Morgan fingerprint density at radius 2 is 2.28 bits per heavy atom. The molecule has 100 valence electrons. The molecule has 2 rings (SSSR count). The van der Waals surface area contributed by atoms with Gasteiger partial charge >= 0.3 is 0 Å². The minimum Gasteiger partial charge on any atom is -0.392 e. The number of anilines is 1. The number of nitrogens with zero attached hydrogens (tertiary/aromatic N) is 3. The summed E-state index contributed by atoms with van der Waals surface area (Å²) in [5.74, 6) is 1.00. The summed E-state index contributed by atoms with van der Waals surface area (Å²) >= 11 is 0. The Kier molecular flexibility index (Phi) is 4.55. The van der Waals surface area contributed by atoms with Gasteiger partial charge in [0.15, 0.2) is 0 Å². The van der Waals surface area contributed by atoms with E-state index in [0.717, 1.165) is 43.9 Å². The van der Waals surface area contributed by atoms with Crippen LogP contribution in [-0.4, -0.2) is 47.7 Å². The van der Waals surface area contributed by atoms with Crippen molar-refractivity contribution in [1.82, 2.24) is 9.88 Å². The highest BCUT2D eigenvalue weighted by molar-refractivity contribution is 5.42. The maximum Gasteiger partial charge on any atom is 0.129 e. The molecule has 1 unspecified atom stereocenters. The van der Waals surface area contributed by atoms with E-state index in [1.54, 1.807) is 6.20 Å². The van der Waals surface area contributed by atoms with Crippen molar-refractivity contribution in [2.75, 3.05) is 31.6 Å². The van der Waals surface area contributed by atoms with Crippen LogP contribution in [-0.2, 0) is 6.61 Å². The highest BCUT2D eigenvalue weighted by atomic mass is 16.3. The fourth-order valence-electron chi connectivity index (χ4n) is 2.61. The molecule has 1 atom stereocenters. The van der Waals surface area contributed by atoms with Crippen molar-refractivity contribution in [3.63, 3.8) is 0 Å². The standard InChI is InChI=1S/C14H23N3O/c1-3-13-10-16(2)7-4-8-17(13)14-9-12(11-18)5-6-15-14/h5-6,9,13,18H,3-4,7-8,10-11H2,1-2H3. The molecular formula is C14H23N3O. The van der Waals surface area contributed by atoms with Crippen LogP contribution < -0.4 is 4.90 Å². The summed E-state index contributed by atoms with van der Waals surface area (Å²) < 4.78 is 0. The summed E-state index contributed by atoms with van der Waals surface area (Å²) in [5, 5.41) is 9.23. The molecular weight excluding hydrogens is 226 g/mol. The van der Waals surface area contributed by atoms with Crippen LogP contribution in [0.2, 0.25) is 0 Å². The van der Waals surface area contributed by atoms with E-state index < -0.39 is 0 Å². The Morgan fingerprint density at radius 3 is 3.00 bits per heavy atom. The van der Waals surface area contributed by atoms with Crippen molar-refractivity contribution in [1.29, 1.82) is 0 Å². The molecule has 1 aromatic rings. The Hall–Kier alpha value is -1.13. The van der Waals surface area contributed by atoms with Gasteiger partial charge in [0.1, 0.15) is 5.82 Å². The number of aromatic nitrogens is 1. The van der Waals surface area contributed by atoms with Gasteiger partial charge in [0.05, 0.1) is 6.61 Å². The second kappa shape index (κ2) is 6.16. The lowest BCUT2D eigenvalue weighted by atomic mass is 10.1. The van der Waals surface area contributed by atoms with Crippen LogP contribution in [0.15, 0.2) is 18.3 Å². The molecule has 0 spiro atoms. The summed E-state index contributed by atoms with van der Waals surface area (Å²) in [7, 11) is 2.18. The zero-order valence-corrected chi connectivity index (χ0v) is 11.3. The number of hydrogen-bond donors (Lipinski definition) is 1. The topological polar surface area (TPSA) is 39.6 Å². The minimum atomic E-state index is 0.0834. The molecule has 1 aromatic heterocycles. The van der Waals surface area contributed by atoms with Crippen molar-refractivity contribution >= 4 is 5.82 Å². The largest absolute Gasteiger partial charge is 0.392 e. The maximum absolute atomic E-state index is 9.23. The highest BCUT2D eigenvalue weighted by Crippen LogP contribution is 2.20. The highest BCUT2D eigenvalue weighted by Gasteiger charge is 2.22. The van der Waals surface area contributed by atoms with Gasteiger partial charge in [-0.3, -0.25) is 0 Å². The second-order valence-electron chi connectivity index (χ2n) is 5.05. The van der Waals surface area contributed by atoms with E-state index in [-0.39, 0.29) is 6.61 Å². The first-order valence-corrected chi connectivity index (χ1v) is 6.75. The fraction of sp³-hybridized carbons (Fsp3) is 0.643. The average Bonchev–Trinajstić information content (AvgIpc) is 2.60. The van der Waals surface area contributed by atoms with Crippen LogP contribution in [0, 0.1) is 0 Å². The number of likely N-dealkylation sites (N-methyl/N-ethyl adjacent to an activating group) is 1. The molecule has 0 radical (unpaired) electrons. The normalized spacial score (nSPS) is 21.9. The molecule has 1 saturated heterocycles. The van der Waals surface area contributed by atoms with E-state index in [0.29, 0.717) is 6.04 Å². The molecule has 0 bridgehead atoms. The second-order valence-corrected chi connectivity index (χ2v) is 5.05. The van der Waals surface area contributed by atoms with Crippen molar-refractivity contribution in [2.24, 2.45) is 0 Å². The van der Waals surface area contributed by atoms with Crippen molar-refractivity contribution in [3.05, 3.63) is 23.9 Å². The molecule has 1 aliphatic rings.